The van der Waals surface area contributed by atoms with Crippen LogP contribution < -0.4 is 19.4 Å². The number of rotatable bonds is 5. The molecular weight excluding hydrogens is 456 g/mol. The van der Waals surface area contributed by atoms with Crippen LogP contribution in [0.1, 0.15) is 17.2 Å². The summed E-state index contributed by atoms with van der Waals surface area (Å²) in [6.45, 7) is 1.78. The van der Waals surface area contributed by atoms with Crippen molar-refractivity contribution in [3.63, 3.8) is 0 Å². The van der Waals surface area contributed by atoms with E-state index in [1.807, 2.05) is 42.5 Å². The van der Waals surface area contributed by atoms with Crippen LogP contribution in [-0.4, -0.2) is 32.1 Å². The summed E-state index contributed by atoms with van der Waals surface area (Å²) in [5.41, 5.74) is 2.52. The van der Waals surface area contributed by atoms with Gasteiger partial charge in [-0.1, -0.05) is 48.0 Å². The first kappa shape index (κ1) is 22.3. The fraction of sp³-hybridized carbons (Fsp3) is 0.231. The van der Waals surface area contributed by atoms with Gasteiger partial charge in [-0.3, -0.25) is 14.4 Å². The molecule has 0 N–H and O–H groups in total. The summed E-state index contributed by atoms with van der Waals surface area (Å²) >= 11 is 6.29. The Balaban J connectivity index is 1.66. The van der Waals surface area contributed by atoms with Crippen LogP contribution in [0.15, 0.2) is 66.7 Å². The molecule has 0 aromatic heterocycles. The minimum Gasteiger partial charge on any atom is -0.493 e. The maximum absolute atomic E-state index is 13.9. The van der Waals surface area contributed by atoms with E-state index in [1.54, 1.807) is 50.5 Å². The Morgan fingerprint density at radius 1 is 0.882 bits per heavy atom. The van der Waals surface area contributed by atoms with Crippen LogP contribution >= 0.6 is 11.6 Å². The van der Waals surface area contributed by atoms with E-state index in [-0.39, 0.29) is 5.91 Å². The minimum atomic E-state index is -0.994. The lowest BCUT2D eigenvalue weighted by molar-refractivity contribution is -0.126. The molecule has 34 heavy (non-hydrogen) atoms. The number of anilines is 2. The van der Waals surface area contributed by atoms with Crippen molar-refractivity contribution in [3.05, 3.63) is 82.9 Å². The van der Waals surface area contributed by atoms with Gasteiger partial charge in [-0.05, 0) is 42.8 Å². The molecule has 174 valence electrons. The lowest BCUT2D eigenvalue weighted by atomic mass is 9.89. The quantitative estimate of drug-likeness (QED) is 0.494. The van der Waals surface area contributed by atoms with E-state index in [2.05, 4.69) is 0 Å². The molecular formula is C26H23ClN2O5. The first-order valence-corrected chi connectivity index (χ1v) is 11.2. The highest BCUT2D eigenvalue weighted by Gasteiger charge is 2.61. The standard InChI is InChI=1S/C26H23ClN2O5/c1-15-18(27)12-8-13-19(15)28-25(30)21-22(17-11-7-14-20(32-2)23(17)33-3)29(34-24(21)26(28)31)16-9-5-4-6-10-16/h4-14,21-22,24H,1-3H3/t21-,22+,24-/m0/s1. The van der Waals surface area contributed by atoms with Gasteiger partial charge in [0.25, 0.3) is 5.91 Å². The monoisotopic (exact) mass is 478 g/mol. The number of carbonyl (C=O) groups excluding carboxylic acids is 2. The highest BCUT2D eigenvalue weighted by molar-refractivity contribution is 6.32. The summed E-state index contributed by atoms with van der Waals surface area (Å²) in [5, 5.41) is 2.11. The van der Waals surface area contributed by atoms with Crippen molar-refractivity contribution < 1.29 is 23.9 Å². The molecule has 0 spiro atoms. The number of methoxy groups -OCH3 is 2. The topological polar surface area (TPSA) is 68.3 Å². The summed E-state index contributed by atoms with van der Waals surface area (Å²) in [4.78, 5) is 34.8. The Morgan fingerprint density at radius 2 is 1.62 bits per heavy atom. The normalized spacial score (nSPS) is 21.7. The SMILES string of the molecule is COc1cccc([C@@H]2[C@@H]3C(=O)N(c4cccc(Cl)c4C)C(=O)[C@H]3ON2c2ccccc2)c1OC. The first-order chi connectivity index (χ1) is 16.5. The molecule has 2 aliphatic rings. The van der Waals surface area contributed by atoms with Crippen LogP contribution in [0, 0.1) is 12.8 Å². The molecule has 2 heterocycles. The van der Waals surface area contributed by atoms with Gasteiger partial charge in [0.05, 0.1) is 25.6 Å². The zero-order valence-electron chi connectivity index (χ0n) is 18.9. The lowest BCUT2D eigenvalue weighted by Crippen LogP contribution is -2.37. The second kappa shape index (κ2) is 8.66. The molecule has 3 atom stereocenters. The van der Waals surface area contributed by atoms with Crippen molar-refractivity contribution in [3.8, 4) is 11.5 Å². The molecule has 2 saturated heterocycles. The van der Waals surface area contributed by atoms with E-state index >= 15 is 0 Å². The highest BCUT2D eigenvalue weighted by Crippen LogP contribution is 2.51. The second-order valence-electron chi connectivity index (χ2n) is 8.14. The fourth-order valence-corrected chi connectivity index (χ4v) is 4.92. The van der Waals surface area contributed by atoms with Gasteiger partial charge in [-0.25, -0.2) is 9.96 Å². The number of benzene rings is 3. The number of fused-ring (bicyclic) bond motifs is 1. The number of halogens is 1. The van der Waals surface area contributed by atoms with E-state index in [4.69, 9.17) is 25.9 Å². The van der Waals surface area contributed by atoms with E-state index in [0.29, 0.717) is 33.3 Å². The third-order valence-corrected chi connectivity index (χ3v) is 6.77. The predicted octanol–water partition coefficient (Wildman–Crippen LogP) is 4.72. The molecule has 3 aromatic rings. The Labute approximate surface area is 202 Å². The van der Waals surface area contributed by atoms with Crippen LogP contribution in [0.4, 0.5) is 11.4 Å². The average molecular weight is 479 g/mol. The Hall–Kier alpha value is -3.55. The Morgan fingerprint density at radius 3 is 2.32 bits per heavy atom. The zero-order chi connectivity index (χ0) is 24.0. The Kier molecular flexibility index (Phi) is 5.67. The third kappa shape index (κ3) is 3.31. The molecule has 2 amide bonds. The van der Waals surface area contributed by atoms with Crippen molar-refractivity contribution in [1.82, 2.24) is 0 Å². The first-order valence-electron chi connectivity index (χ1n) is 10.8. The zero-order valence-corrected chi connectivity index (χ0v) is 19.7. The van der Waals surface area contributed by atoms with Gasteiger partial charge in [-0.15, -0.1) is 0 Å². The second-order valence-corrected chi connectivity index (χ2v) is 8.54. The molecule has 5 rings (SSSR count). The number of hydrogen-bond donors (Lipinski definition) is 0. The van der Waals surface area contributed by atoms with Gasteiger partial charge in [-0.2, -0.15) is 0 Å². The van der Waals surface area contributed by atoms with Crippen LogP contribution in [-0.2, 0) is 14.4 Å². The van der Waals surface area contributed by atoms with Gasteiger partial charge >= 0.3 is 0 Å². The summed E-state index contributed by atoms with van der Waals surface area (Å²) in [5.74, 6) is -0.569. The number of nitrogens with zero attached hydrogens (tertiary/aromatic N) is 2. The van der Waals surface area contributed by atoms with Gasteiger partial charge in [0.1, 0.15) is 12.0 Å². The van der Waals surface area contributed by atoms with Crippen molar-refractivity contribution in [1.29, 1.82) is 0 Å². The number of carbonyl (C=O) groups is 2. The largest absolute Gasteiger partial charge is 0.493 e. The third-order valence-electron chi connectivity index (χ3n) is 6.36. The maximum atomic E-state index is 13.9. The molecule has 8 heteroatoms. The van der Waals surface area contributed by atoms with Gasteiger partial charge in [0.15, 0.2) is 17.6 Å². The molecule has 0 bridgehead atoms. The van der Waals surface area contributed by atoms with E-state index in [0.717, 1.165) is 5.69 Å². The molecule has 0 unspecified atom stereocenters. The number of amides is 2. The van der Waals surface area contributed by atoms with Crippen LogP contribution in [0.5, 0.6) is 11.5 Å². The number of hydrogen-bond acceptors (Lipinski definition) is 6. The van der Waals surface area contributed by atoms with Gasteiger partial charge in [0, 0.05) is 10.6 Å². The van der Waals surface area contributed by atoms with E-state index < -0.39 is 24.0 Å². The number of imide groups is 1. The Bertz CT molecular complexity index is 1270. The summed E-state index contributed by atoms with van der Waals surface area (Å²) in [7, 11) is 3.10. The summed E-state index contributed by atoms with van der Waals surface area (Å²) in [6.07, 6.45) is -0.994. The van der Waals surface area contributed by atoms with Gasteiger partial charge < -0.3 is 9.47 Å². The number of hydroxylamine groups is 1. The summed E-state index contributed by atoms with van der Waals surface area (Å²) in [6, 6.07) is 19.4. The minimum absolute atomic E-state index is 0.353. The van der Waals surface area contributed by atoms with Crippen molar-refractivity contribution in [2.24, 2.45) is 5.92 Å². The molecule has 0 saturated carbocycles. The molecule has 0 radical (unpaired) electrons. The average Bonchev–Trinajstić information content (AvgIpc) is 3.37. The molecule has 0 aliphatic carbocycles. The van der Waals surface area contributed by atoms with Crippen molar-refractivity contribution in [2.75, 3.05) is 24.2 Å². The van der Waals surface area contributed by atoms with Crippen LogP contribution in [0.2, 0.25) is 5.02 Å². The number of para-hydroxylation sites is 2. The van der Waals surface area contributed by atoms with E-state index in [1.165, 1.54) is 4.90 Å². The number of ether oxygens (including phenoxy) is 2. The predicted molar refractivity (Wildman–Crippen MR) is 128 cm³/mol. The van der Waals surface area contributed by atoms with Crippen molar-refractivity contribution in [2.45, 2.75) is 19.1 Å². The molecule has 2 fully saturated rings. The molecule has 2 aliphatic heterocycles. The molecule has 3 aromatic carbocycles. The fourth-order valence-electron chi connectivity index (χ4n) is 4.75. The summed E-state index contributed by atoms with van der Waals surface area (Å²) < 4.78 is 11.2. The van der Waals surface area contributed by atoms with Gasteiger partial charge in [0.2, 0.25) is 5.91 Å². The maximum Gasteiger partial charge on any atom is 0.266 e. The van der Waals surface area contributed by atoms with E-state index in [9.17, 15) is 9.59 Å². The highest BCUT2D eigenvalue weighted by atomic mass is 35.5. The lowest BCUT2D eigenvalue weighted by Gasteiger charge is -2.30. The van der Waals surface area contributed by atoms with Crippen LogP contribution in [0.3, 0.4) is 0 Å². The van der Waals surface area contributed by atoms with Crippen LogP contribution in [0.25, 0.3) is 0 Å². The smallest absolute Gasteiger partial charge is 0.266 e. The van der Waals surface area contributed by atoms with Crippen molar-refractivity contribution >= 4 is 34.8 Å². The molecule has 7 nitrogen and oxygen atoms in total.